The second-order valence-corrected chi connectivity index (χ2v) is 9.40. The summed E-state index contributed by atoms with van der Waals surface area (Å²) < 4.78 is 28.7. The Morgan fingerprint density at radius 1 is 0.686 bits per heavy atom. The number of hydrogen-bond acceptors (Lipinski definition) is 0. The highest BCUT2D eigenvalue weighted by molar-refractivity contribution is 6.30. The summed E-state index contributed by atoms with van der Waals surface area (Å²) in [4.78, 5) is 0. The number of fused-ring (bicyclic) bond motifs is 1. The maximum atomic E-state index is 15.1. The van der Waals surface area contributed by atoms with Gasteiger partial charge >= 0.3 is 0 Å². The van der Waals surface area contributed by atoms with E-state index in [1.165, 1.54) is 54.5 Å². The first-order chi connectivity index (χ1) is 17.0. The zero-order valence-electron chi connectivity index (χ0n) is 20.0. The minimum Gasteiger partial charge on any atom is -0.205 e. The van der Waals surface area contributed by atoms with Crippen LogP contribution in [0.1, 0.15) is 60.4 Å². The van der Waals surface area contributed by atoms with Crippen LogP contribution in [0.4, 0.5) is 8.78 Å². The Balaban J connectivity index is 1.41. The third-order valence-corrected chi connectivity index (χ3v) is 6.63. The predicted molar refractivity (Wildman–Crippen MR) is 143 cm³/mol. The molecule has 4 aromatic carbocycles. The highest BCUT2D eigenvalue weighted by Gasteiger charge is 2.07. The van der Waals surface area contributed by atoms with Gasteiger partial charge in [0.15, 0.2) is 0 Å². The lowest BCUT2D eigenvalue weighted by Crippen LogP contribution is -1.94. The van der Waals surface area contributed by atoms with Gasteiger partial charge in [0.05, 0.1) is 10.6 Å². The molecule has 0 bridgehead atoms. The highest BCUT2D eigenvalue weighted by atomic mass is 35.5. The number of aryl methyl sites for hydroxylation is 3. The number of rotatable bonds is 8. The molecule has 35 heavy (non-hydrogen) atoms. The molecule has 0 aliphatic heterocycles. The number of halogens is 3. The Morgan fingerprint density at radius 3 is 2.14 bits per heavy atom. The second-order valence-electron chi connectivity index (χ2n) is 8.99. The van der Waals surface area contributed by atoms with Crippen molar-refractivity contribution in [1.82, 2.24) is 0 Å². The SMILES string of the molecule is CCCCCCc1ccc(CCc2ccc3c(F)c(C#Cc4ccc(Cl)c(F)c4)ccc3c2)cc1. The molecular formula is C32H29ClF2. The van der Waals surface area contributed by atoms with Gasteiger partial charge in [-0.3, -0.25) is 0 Å². The van der Waals surface area contributed by atoms with Gasteiger partial charge in [0, 0.05) is 10.9 Å². The van der Waals surface area contributed by atoms with E-state index in [0.29, 0.717) is 10.9 Å². The quantitative estimate of drug-likeness (QED) is 0.172. The zero-order chi connectivity index (χ0) is 24.6. The van der Waals surface area contributed by atoms with Crippen molar-refractivity contribution in [2.24, 2.45) is 0 Å². The van der Waals surface area contributed by atoms with Crippen LogP contribution in [0.2, 0.25) is 5.02 Å². The first-order valence-corrected chi connectivity index (χ1v) is 12.7. The number of benzene rings is 4. The Morgan fingerprint density at radius 2 is 1.40 bits per heavy atom. The molecule has 4 aromatic rings. The molecule has 0 spiro atoms. The molecular weight excluding hydrogens is 458 g/mol. The lowest BCUT2D eigenvalue weighted by Gasteiger charge is -2.07. The van der Waals surface area contributed by atoms with Gasteiger partial charge in [0.1, 0.15) is 11.6 Å². The molecule has 0 aliphatic rings. The molecule has 4 rings (SSSR count). The fourth-order valence-electron chi connectivity index (χ4n) is 4.22. The molecule has 0 saturated heterocycles. The largest absolute Gasteiger partial charge is 0.205 e. The fourth-order valence-corrected chi connectivity index (χ4v) is 4.34. The van der Waals surface area contributed by atoms with Crippen LogP contribution in [0, 0.1) is 23.5 Å². The summed E-state index contributed by atoms with van der Waals surface area (Å²) in [5, 5.41) is 1.43. The van der Waals surface area contributed by atoms with Gasteiger partial charge in [-0.05, 0) is 72.0 Å². The van der Waals surface area contributed by atoms with E-state index in [1.807, 2.05) is 24.3 Å². The maximum absolute atomic E-state index is 15.1. The van der Waals surface area contributed by atoms with Crippen molar-refractivity contribution in [3.05, 3.63) is 117 Å². The molecule has 0 saturated carbocycles. The lowest BCUT2D eigenvalue weighted by molar-refractivity contribution is 0.628. The van der Waals surface area contributed by atoms with Crippen molar-refractivity contribution in [1.29, 1.82) is 0 Å². The van der Waals surface area contributed by atoms with Crippen LogP contribution < -0.4 is 0 Å². The van der Waals surface area contributed by atoms with Crippen LogP contribution in [0.25, 0.3) is 10.8 Å². The second kappa shape index (κ2) is 12.0. The Hall–Kier alpha value is -3.15. The van der Waals surface area contributed by atoms with Crippen LogP contribution in [-0.2, 0) is 19.3 Å². The number of hydrogen-bond donors (Lipinski definition) is 0. The van der Waals surface area contributed by atoms with Crippen LogP contribution in [-0.4, -0.2) is 0 Å². The van der Waals surface area contributed by atoms with Crippen molar-refractivity contribution in [3.63, 3.8) is 0 Å². The Labute approximate surface area is 212 Å². The van der Waals surface area contributed by atoms with Gasteiger partial charge in [-0.1, -0.05) is 98.2 Å². The summed E-state index contributed by atoms with van der Waals surface area (Å²) in [6.07, 6.45) is 8.14. The van der Waals surface area contributed by atoms with Gasteiger partial charge in [0.25, 0.3) is 0 Å². The summed E-state index contributed by atoms with van der Waals surface area (Å²) >= 11 is 5.71. The third-order valence-electron chi connectivity index (χ3n) is 6.32. The molecule has 0 nitrogen and oxygen atoms in total. The minimum absolute atomic E-state index is 0.0399. The molecule has 0 atom stereocenters. The molecule has 0 aromatic heterocycles. The van der Waals surface area contributed by atoms with Gasteiger partial charge in [-0.25, -0.2) is 8.78 Å². The van der Waals surface area contributed by atoms with E-state index in [9.17, 15) is 4.39 Å². The summed E-state index contributed by atoms with van der Waals surface area (Å²) in [5.74, 6) is 4.74. The van der Waals surface area contributed by atoms with Gasteiger partial charge in [-0.2, -0.15) is 0 Å². The van der Waals surface area contributed by atoms with Crippen LogP contribution >= 0.6 is 11.6 Å². The number of unbranched alkanes of at least 4 members (excludes halogenated alkanes) is 3. The van der Waals surface area contributed by atoms with Gasteiger partial charge in [-0.15, -0.1) is 0 Å². The van der Waals surface area contributed by atoms with Crippen molar-refractivity contribution in [2.45, 2.75) is 51.9 Å². The molecule has 0 N–H and O–H groups in total. The van der Waals surface area contributed by atoms with Crippen LogP contribution in [0.15, 0.2) is 72.8 Å². The van der Waals surface area contributed by atoms with Gasteiger partial charge in [0.2, 0.25) is 0 Å². The molecule has 0 heterocycles. The average Bonchev–Trinajstić information content (AvgIpc) is 2.87. The van der Waals surface area contributed by atoms with Crippen molar-refractivity contribution < 1.29 is 8.78 Å². The summed E-state index contributed by atoms with van der Waals surface area (Å²) in [5.41, 5.74) is 4.64. The van der Waals surface area contributed by atoms with E-state index in [2.05, 4.69) is 43.0 Å². The molecule has 0 amide bonds. The van der Waals surface area contributed by atoms with Crippen LogP contribution in [0.5, 0.6) is 0 Å². The summed E-state index contributed by atoms with van der Waals surface area (Å²) in [7, 11) is 0. The van der Waals surface area contributed by atoms with E-state index in [1.54, 1.807) is 12.1 Å². The zero-order valence-corrected chi connectivity index (χ0v) is 20.8. The third kappa shape index (κ3) is 6.71. The molecule has 0 aliphatic carbocycles. The van der Waals surface area contributed by atoms with Gasteiger partial charge < -0.3 is 0 Å². The first-order valence-electron chi connectivity index (χ1n) is 12.3. The van der Waals surface area contributed by atoms with Crippen molar-refractivity contribution >= 4 is 22.4 Å². The van der Waals surface area contributed by atoms with E-state index in [4.69, 9.17) is 11.6 Å². The monoisotopic (exact) mass is 486 g/mol. The Kier molecular flexibility index (Phi) is 8.56. The highest BCUT2D eigenvalue weighted by Crippen LogP contribution is 2.23. The van der Waals surface area contributed by atoms with Crippen molar-refractivity contribution in [2.75, 3.05) is 0 Å². The minimum atomic E-state index is -0.539. The van der Waals surface area contributed by atoms with Crippen molar-refractivity contribution in [3.8, 4) is 11.8 Å². The normalized spacial score (nSPS) is 10.9. The lowest BCUT2D eigenvalue weighted by atomic mass is 9.98. The predicted octanol–water partition coefficient (Wildman–Crippen LogP) is 9.08. The van der Waals surface area contributed by atoms with Crippen LogP contribution in [0.3, 0.4) is 0 Å². The molecule has 0 unspecified atom stereocenters. The summed E-state index contributed by atoms with van der Waals surface area (Å²) in [6.45, 7) is 2.24. The topological polar surface area (TPSA) is 0 Å². The van der Waals surface area contributed by atoms with E-state index in [0.717, 1.165) is 24.6 Å². The first kappa shape index (κ1) is 25.0. The van der Waals surface area contributed by atoms with E-state index in [-0.39, 0.29) is 16.4 Å². The molecule has 178 valence electrons. The standard InChI is InChI=1S/C32H29ClF2/c1-2-3-4-5-6-23-7-9-24(10-8-23)11-12-25-14-19-29-28(21-25)18-17-27(32(29)35)16-13-26-15-20-30(33)31(34)22-26/h7-10,14-15,17-22H,2-6,11-12H2,1H3. The van der Waals surface area contributed by atoms with E-state index >= 15 is 4.39 Å². The maximum Gasteiger partial charge on any atom is 0.146 e. The smallest absolute Gasteiger partial charge is 0.146 e. The summed E-state index contributed by atoms with van der Waals surface area (Å²) in [6, 6.07) is 22.7. The molecule has 0 fully saturated rings. The Bertz CT molecular complexity index is 1360. The molecule has 3 heteroatoms. The molecule has 0 radical (unpaired) electrons. The van der Waals surface area contributed by atoms with E-state index < -0.39 is 5.82 Å². The average molecular weight is 487 g/mol. The fraction of sp³-hybridized carbons (Fsp3) is 0.250.